The quantitative estimate of drug-likeness (QED) is 0.700. The summed E-state index contributed by atoms with van der Waals surface area (Å²) in [6, 6.07) is 17.8. The van der Waals surface area contributed by atoms with Gasteiger partial charge in [-0.3, -0.25) is 0 Å². The van der Waals surface area contributed by atoms with E-state index in [0.29, 0.717) is 23.9 Å². The van der Waals surface area contributed by atoms with Gasteiger partial charge in [0.05, 0.1) is 4.90 Å². The Bertz CT molecular complexity index is 1030. The number of hydrogen-bond acceptors (Lipinski definition) is 2. The Kier molecular flexibility index (Phi) is 4.37. The van der Waals surface area contributed by atoms with Crippen molar-refractivity contribution in [2.24, 2.45) is 7.05 Å². The molecule has 1 fully saturated rings. The average molecular weight is 369 g/mol. The van der Waals surface area contributed by atoms with Crippen LogP contribution in [0.1, 0.15) is 30.0 Å². The largest absolute Gasteiger partial charge is 0.347 e. The maximum absolute atomic E-state index is 12.9. The fourth-order valence-corrected chi connectivity index (χ4v) is 5.42. The summed E-state index contributed by atoms with van der Waals surface area (Å²) in [5.41, 5.74) is 3.61. The van der Waals surface area contributed by atoms with Crippen LogP contribution in [0.2, 0.25) is 0 Å². The van der Waals surface area contributed by atoms with Crippen molar-refractivity contribution in [1.29, 1.82) is 0 Å². The molecule has 3 aromatic rings. The predicted molar refractivity (Wildman–Crippen MR) is 105 cm³/mol. The van der Waals surface area contributed by atoms with Gasteiger partial charge < -0.3 is 4.57 Å². The highest BCUT2D eigenvalue weighted by atomic mass is 32.2. The molecule has 0 unspecified atom stereocenters. The highest BCUT2D eigenvalue weighted by Crippen LogP contribution is 2.33. The third-order valence-corrected chi connectivity index (χ3v) is 7.43. The van der Waals surface area contributed by atoms with Crippen molar-refractivity contribution in [3.63, 3.8) is 0 Å². The van der Waals surface area contributed by atoms with Gasteiger partial charge in [0.15, 0.2) is 0 Å². The van der Waals surface area contributed by atoms with Crippen LogP contribution in [-0.4, -0.2) is 30.4 Å². The molecule has 4 rings (SSSR count). The van der Waals surface area contributed by atoms with Crippen molar-refractivity contribution in [3.05, 3.63) is 65.9 Å². The Hall–Kier alpha value is -2.11. The topological polar surface area (TPSA) is 42.3 Å². The van der Waals surface area contributed by atoms with Crippen LogP contribution in [0.3, 0.4) is 0 Å². The summed E-state index contributed by atoms with van der Waals surface area (Å²) in [6.45, 7) is 3.11. The number of benzene rings is 2. The molecule has 26 heavy (non-hydrogen) atoms. The first kappa shape index (κ1) is 17.3. The van der Waals surface area contributed by atoms with Crippen LogP contribution in [0.15, 0.2) is 59.5 Å². The molecule has 1 aliphatic heterocycles. The molecule has 2 aromatic carbocycles. The number of piperidine rings is 1. The van der Waals surface area contributed by atoms with E-state index in [0.717, 1.165) is 18.4 Å². The van der Waals surface area contributed by atoms with Gasteiger partial charge in [0, 0.05) is 37.3 Å². The normalized spacial score (nSPS) is 17.0. The first-order chi connectivity index (χ1) is 12.5. The number of aryl methyl sites for hydroxylation is 2. The highest BCUT2D eigenvalue weighted by Gasteiger charge is 2.30. The van der Waals surface area contributed by atoms with E-state index in [4.69, 9.17) is 0 Å². The van der Waals surface area contributed by atoms with Gasteiger partial charge in [-0.05, 0) is 49.4 Å². The van der Waals surface area contributed by atoms with Crippen LogP contribution in [0.25, 0.3) is 10.9 Å². The minimum atomic E-state index is -3.39. The Balaban J connectivity index is 1.53. The SMILES string of the molecule is Cc1ccc(S(=O)(=O)N2CCC(c3cc4ccccc4n3C)CC2)cc1. The van der Waals surface area contributed by atoms with Crippen LogP contribution in [0, 0.1) is 6.92 Å². The van der Waals surface area contributed by atoms with E-state index in [2.05, 4.69) is 41.9 Å². The Morgan fingerprint density at radius 2 is 1.62 bits per heavy atom. The second-order valence-electron chi connectivity index (χ2n) is 7.18. The summed E-state index contributed by atoms with van der Waals surface area (Å²) in [7, 11) is -1.29. The first-order valence-electron chi connectivity index (χ1n) is 9.08. The van der Waals surface area contributed by atoms with Crippen molar-refractivity contribution < 1.29 is 8.42 Å². The molecular weight excluding hydrogens is 344 g/mol. The molecule has 4 nitrogen and oxygen atoms in total. The maximum Gasteiger partial charge on any atom is 0.243 e. The van der Waals surface area contributed by atoms with Gasteiger partial charge >= 0.3 is 0 Å². The maximum atomic E-state index is 12.9. The lowest BCUT2D eigenvalue weighted by atomic mass is 9.94. The smallest absolute Gasteiger partial charge is 0.243 e. The van der Waals surface area contributed by atoms with E-state index in [1.54, 1.807) is 16.4 Å². The summed E-state index contributed by atoms with van der Waals surface area (Å²) in [5, 5.41) is 1.25. The molecule has 0 bridgehead atoms. The monoisotopic (exact) mass is 368 g/mol. The molecule has 136 valence electrons. The van der Waals surface area contributed by atoms with E-state index >= 15 is 0 Å². The summed E-state index contributed by atoms with van der Waals surface area (Å²) < 4.78 is 29.6. The number of aromatic nitrogens is 1. The van der Waals surface area contributed by atoms with Gasteiger partial charge in [-0.15, -0.1) is 0 Å². The number of nitrogens with zero attached hydrogens (tertiary/aromatic N) is 2. The van der Waals surface area contributed by atoms with Crippen LogP contribution >= 0.6 is 0 Å². The van der Waals surface area contributed by atoms with Crippen molar-refractivity contribution in [3.8, 4) is 0 Å². The second-order valence-corrected chi connectivity index (χ2v) is 9.12. The fourth-order valence-electron chi connectivity index (χ4n) is 3.95. The molecule has 0 saturated carbocycles. The summed E-state index contributed by atoms with van der Waals surface area (Å²) in [5.74, 6) is 0.400. The Morgan fingerprint density at radius 1 is 0.962 bits per heavy atom. The standard InChI is InChI=1S/C21H24N2O2S/c1-16-7-9-19(10-8-16)26(24,25)23-13-11-17(12-14-23)21-15-18-5-3-4-6-20(18)22(21)2/h3-10,15,17H,11-14H2,1-2H3. The molecule has 0 N–H and O–H groups in total. The van der Waals surface area contributed by atoms with Crippen molar-refractivity contribution in [1.82, 2.24) is 8.87 Å². The van der Waals surface area contributed by atoms with Gasteiger partial charge in [0.1, 0.15) is 0 Å². The zero-order valence-electron chi connectivity index (χ0n) is 15.2. The summed E-state index contributed by atoms with van der Waals surface area (Å²) >= 11 is 0. The fraction of sp³-hybridized carbons (Fsp3) is 0.333. The molecule has 1 saturated heterocycles. The third-order valence-electron chi connectivity index (χ3n) is 5.52. The number of hydrogen-bond donors (Lipinski definition) is 0. The summed E-state index contributed by atoms with van der Waals surface area (Å²) in [6.07, 6.45) is 1.71. The molecular formula is C21H24N2O2S. The molecule has 0 radical (unpaired) electrons. The molecule has 0 aliphatic carbocycles. The van der Waals surface area contributed by atoms with Gasteiger partial charge in [0.25, 0.3) is 0 Å². The third kappa shape index (κ3) is 2.95. The highest BCUT2D eigenvalue weighted by molar-refractivity contribution is 7.89. The van der Waals surface area contributed by atoms with E-state index < -0.39 is 10.0 Å². The number of fused-ring (bicyclic) bond motifs is 1. The van der Waals surface area contributed by atoms with E-state index in [9.17, 15) is 8.42 Å². The molecule has 0 atom stereocenters. The number of sulfonamides is 1. The molecule has 1 aromatic heterocycles. The Morgan fingerprint density at radius 3 is 2.27 bits per heavy atom. The van der Waals surface area contributed by atoms with Gasteiger partial charge in [-0.1, -0.05) is 35.9 Å². The zero-order valence-corrected chi connectivity index (χ0v) is 16.0. The van der Waals surface area contributed by atoms with Crippen molar-refractivity contribution in [2.75, 3.05) is 13.1 Å². The lowest BCUT2D eigenvalue weighted by molar-refractivity contribution is 0.314. The van der Waals surface area contributed by atoms with E-state index in [-0.39, 0.29) is 0 Å². The molecule has 5 heteroatoms. The van der Waals surface area contributed by atoms with Crippen molar-refractivity contribution in [2.45, 2.75) is 30.6 Å². The molecule has 0 amide bonds. The van der Waals surface area contributed by atoms with Crippen LogP contribution in [0.5, 0.6) is 0 Å². The zero-order chi connectivity index (χ0) is 18.3. The number of para-hydroxylation sites is 1. The van der Waals surface area contributed by atoms with Crippen LogP contribution in [0.4, 0.5) is 0 Å². The molecule has 0 spiro atoms. The minimum Gasteiger partial charge on any atom is -0.347 e. The van der Waals surface area contributed by atoms with Crippen LogP contribution in [-0.2, 0) is 17.1 Å². The van der Waals surface area contributed by atoms with E-state index in [1.165, 1.54) is 16.6 Å². The second kappa shape index (κ2) is 6.56. The number of rotatable bonds is 3. The van der Waals surface area contributed by atoms with Crippen LogP contribution < -0.4 is 0 Å². The molecule has 1 aliphatic rings. The summed E-state index contributed by atoms with van der Waals surface area (Å²) in [4.78, 5) is 0.395. The first-order valence-corrected chi connectivity index (χ1v) is 10.5. The minimum absolute atomic E-state index is 0.395. The van der Waals surface area contributed by atoms with E-state index in [1.807, 2.05) is 19.1 Å². The van der Waals surface area contributed by atoms with Gasteiger partial charge in [-0.25, -0.2) is 8.42 Å². The Labute approximate surface area is 155 Å². The molecule has 2 heterocycles. The lowest BCUT2D eigenvalue weighted by Crippen LogP contribution is -2.38. The predicted octanol–water partition coefficient (Wildman–Crippen LogP) is 4.06. The van der Waals surface area contributed by atoms with Gasteiger partial charge in [-0.2, -0.15) is 4.31 Å². The average Bonchev–Trinajstić information content (AvgIpc) is 2.99. The van der Waals surface area contributed by atoms with Gasteiger partial charge in [0.2, 0.25) is 10.0 Å². The lowest BCUT2D eigenvalue weighted by Gasteiger charge is -2.31. The van der Waals surface area contributed by atoms with Crippen molar-refractivity contribution >= 4 is 20.9 Å².